The molecule has 6 nitrogen and oxygen atoms in total. The van der Waals surface area contributed by atoms with Gasteiger partial charge in [0.25, 0.3) is 0 Å². The van der Waals surface area contributed by atoms with Gasteiger partial charge in [-0.15, -0.1) is 0 Å². The van der Waals surface area contributed by atoms with E-state index in [4.69, 9.17) is 14.2 Å². The minimum absolute atomic E-state index is 0.0501. The van der Waals surface area contributed by atoms with Gasteiger partial charge in [-0.2, -0.15) is 0 Å². The molecule has 30 heavy (non-hydrogen) atoms. The molecule has 2 aromatic rings. The number of nitrogens with one attached hydrogen (secondary N) is 1. The highest BCUT2D eigenvalue weighted by Crippen LogP contribution is 2.61. The molecule has 2 aromatic carbocycles. The molecule has 4 rings (SSSR count). The molecule has 6 heteroatoms. The van der Waals surface area contributed by atoms with E-state index < -0.39 is 23.4 Å². The molecule has 1 aliphatic heterocycles. The Kier molecular flexibility index (Phi) is 5.41. The van der Waals surface area contributed by atoms with Crippen LogP contribution in [0.25, 0.3) is 0 Å². The van der Waals surface area contributed by atoms with Crippen LogP contribution >= 0.6 is 0 Å². The predicted octanol–water partition coefficient (Wildman–Crippen LogP) is 3.87. The lowest BCUT2D eigenvalue weighted by atomic mass is 9.80. The lowest BCUT2D eigenvalue weighted by molar-refractivity contribution is -0.172. The number of benzene rings is 2. The lowest BCUT2D eigenvalue weighted by Gasteiger charge is -2.30. The second kappa shape index (κ2) is 8.01. The maximum absolute atomic E-state index is 13.3. The summed E-state index contributed by atoms with van der Waals surface area (Å²) in [6, 6.07) is 15.4. The highest BCUT2D eigenvalue weighted by atomic mass is 16.6. The number of hydrogen-bond acceptors (Lipinski definition) is 6. The van der Waals surface area contributed by atoms with Gasteiger partial charge in [-0.05, 0) is 55.5 Å². The van der Waals surface area contributed by atoms with Crippen LogP contribution in [-0.2, 0) is 19.1 Å². The molecule has 1 fully saturated rings. The molecule has 1 heterocycles. The van der Waals surface area contributed by atoms with E-state index in [0.29, 0.717) is 6.42 Å². The fraction of sp³-hybridized carbons (Fsp3) is 0.417. The van der Waals surface area contributed by atoms with Gasteiger partial charge in [0.1, 0.15) is 5.75 Å². The van der Waals surface area contributed by atoms with Crippen LogP contribution in [0.4, 0.5) is 5.69 Å². The van der Waals surface area contributed by atoms with Crippen LogP contribution in [-0.4, -0.2) is 38.3 Å². The number of carbonyl (C=O) groups excluding carboxylic acids is 2. The van der Waals surface area contributed by atoms with E-state index in [-0.39, 0.29) is 25.0 Å². The molecule has 2 aliphatic rings. The summed E-state index contributed by atoms with van der Waals surface area (Å²) >= 11 is 0. The van der Waals surface area contributed by atoms with Crippen molar-refractivity contribution in [3.63, 3.8) is 0 Å². The van der Waals surface area contributed by atoms with E-state index in [9.17, 15) is 9.59 Å². The van der Waals surface area contributed by atoms with Crippen LogP contribution in [0.15, 0.2) is 48.5 Å². The molecule has 0 spiro atoms. The third kappa shape index (κ3) is 3.02. The summed E-state index contributed by atoms with van der Waals surface area (Å²) in [4.78, 5) is 26.5. The number of ether oxygens (including phenoxy) is 3. The third-order valence-corrected chi connectivity index (χ3v) is 6.32. The SMILES string of the molecule is CCOC(=O)C1(C(=O)OCC)C[C@@H](c2ccc(OC)cc2)[C@H]2c3ccccc3N[C@H]21. The Morgan fingerprint density at radius 2 is 1.63 bits per heavy atom. The Hall–Kier alpha value is -3.02. The number of fused-ring (bicyclic) bond motifs is 3. The first-order valence-electron chi connectivity index (χ1n) is 10.4. The zero-order chi connectivity index (χ0) is 21.3. The monoisotopic (exact) mass is 409 g/mol. The van der Waals surface area contributed by atoms with E-state index in [2.05, 4.69) is 11.4 Å². The minimum Gasteiger partial charge on any atom is -0.497 e. The Morgan fingerprint density at radius 1 is 1.00 bits per heavy atom. The number of rotatable bonds is 6. The average molecular weight is 409 g/mol. The Morgan fingerprint density at radius 3 is 2.23 bits per heavy atom. The van der Waals surface area contributed by atoms with E-state index in [1.807, 2.05) is 42.5 Å². The first kappa shape index (κ1) is 20.3. The smallest absolute Gasteiger partial charge is 0.325 e. The Balaban J connectivity index is 1.85. The Labute approximate surface area is 176 Å². The van der Waals surface area contributed by atoms with Gasteiger partial charge in [0, 0.05) is 11.6 Å². The number of carbonyl (C=O) groups is 2. The summed E-state index contributed by atoms with van der Waals surface area (Å²) in [5.74, 6) is -0.376. The fourth-order valence-corrected chi connectivity index (χ4v) is 5.04. The van der Waals surface area contributed by atoms with Gasteiger partial charge in [-0.25, -0.2) is 0 Å². The van der Waals surface area contributed by atoms with Crippen molar-refractivity contribution in [2.24, 2.45) is 5.41 Å². The molecule has 0 saturated heterocycles. The van der Waals surface area contributed by atoms with Gasteiger partial charge in [0.15, 0.2) is 5.41 Å². The number of methoxy groups -OCH3 is 1. The number of anilines is 1. The summed E-state index contributed by atoms with van der Waals surface area (Å²) < 4.78 is 16.1. The topological polar surface area (TPSA) is 73.9 Å². The van der Waals surface area contributed by atoms with E-state index in [0.717, 1.165) is 22.6 Å². The highest BCUT2D eigenvalue weighted by Gasteiger charge is 2.66. The van der Waals surface area contributed by atoms with Crippen molar-refractivity contribution < 1.29 is 23.8 Å². The van der Waals surface area contributed by atoms with E-state index in [1.54, 1.807) is 21.0 Å². The van der Waals surface area contributed by atoms with Crippen LogP contribution < -0.4 is 10.1 Å². The van der Waals surface area contributed by atoms with Gasteiger partial charge >= 0.3 is 11.9 Å². The summed E-state index contributed by atoms with van der Waals surface area (Å²) in [5.41, 5.74) is 1.71. The number of hydrogen-bond donors (Lipinski definition) is 1. The maximum atomic E-state index is 13.3. The van der Waals surface area contributed by atoms with E-state index in [1.165, 1.54) is 0 Å². The van der Waals surface area contributed by atoms with Crippen molar-refractivity contribution >= 4 is 17.6 Å². The van der Waals surface area contributed by atoms with Crippen molar-refractivity contribution in [1.82, 2.24) is 0 Å². The number of esters is 2. The van der Waals surface area contributed by atoms with Gasteiger partial charge in [0.2, 0.25) is 0 Å². The molecule has 1 N–H and O–H groups in total. The quantitative estimate of drug-likeness (QED) is 0.577. The van der Waals surface area contributed by atoms with Crippen molar-refractivity contribution in [3.8, 4) is 5.75 Å². The van der Waals surface area contributed by atoms with Crippen LogP contribution in [0, 0.1) is 5.41 Å². The summed E-state index contributed by atoms with van der Waals surface area (Å²) in [6.45, 7) is 3.91. The summed E-state index contributed by atoms with van der Waals surface area (Å²) in [6.07, 6.45) is 0.327. The van der Waals surface area contributed by atoms with Crippen LogP contribution in [0.5, 0.6) is 5.75 Å². The summed E-state index contributed by atoms with van der Waals surface area (Å²) in [7, 11) is 1.63. The van der Waals surface area contributed by atoms with Crippen LogP contribution in [0.1, 0.15) is 43.2 Å². The van der Waals surface area contributed by atoms with Gasteiger partial charge in [0.05, 0.1) is 26.4 Å². The molecule has 0 unspecified atom stereocenters. The van der Waals surface area contributed by atoms with E-state index >= 15 is 0 Å². The fourth-order valence-electron chi connectivity index (χ4n) is 5.04. The lowest BCUT2D eigenvalue weighted by Crippen LogP contribution is -2.50. The molecular formula is C24H27NO5. The first-order chi connectivity index (χ1) is 14.6. The molecular weight excluding hydrogens is 382 g/mol. The van der Waals surface area contributed by atoms with Crippen molar-refractivity contribution in [2.45, 2.75) is 38.1 Å². The van der Waals surface area contributed by atoms with Gasteiger partial charge in [-0.3, -0.25) is 9.59 Å². The predicted molar refractivity (Wildman–Crippen MR) is 113 cm³/mol. The standard InChI is InChI=1S/C24H27NO5/c1-4-29-22(26)24(23(27)30-5-2)14-18(15-10-12-16(28-3)13-11-15)20-17-8-6-7-9-19(17)25-21(20)24/h6-13,18,20-21,25H,4-5,14H2,1-3H3/t18-,20+,21+/m0/s1. The van der Waals surface area contributed by atoms with Crippen molar-refractivity contribution in [2.75, 3.05) is 25.6 Å². The minimum atomic E-state index is -1.40. The molecule has 1 saturated carbocycles. The normalized spacial score (nSPS) is 23.1. The summed E-state index contributed by atoms with van der Waals surface area (Å²) in [5, 5.41) is 3.46. The molecule has 158 valence electrons. The van der Waals surface area contributed by atoms with Gasteiger partial charge < -0.3 is 19.5 Å². The number of para-hydroxylation sites is 1. The molecule has 0 radical (unpaired) electrons. The van der Waals surface area contributed by atoms with Crippen molar-refractivity contribution in [1.29, 1.82) is 0 Å². The third-order valence-electron chi connectivity index (χ3n) is 6.32. The zero-order valence-corrected chi connectivity index (χ0v) is 17.5. The molecule has 0 bridgehead atoms. The van der Waals surface area contributed by atoms with Crippen LogP contribution in [0.2, 0.25) is 0 Å². The maximum Gasteiger partial charge on any atom is 0.325 e. The van der Waals surface area contributed by atoms with Crippen LogP contribution in [0.3, 0.4) is 0 Å². The van der Waals surface area contributed by atoms with Crippen molar-refractivity contribution in [3.05, 3.63) is 59.7 Å². The highest BCUT2D eigenvalue weighted by molar-refractivity contribution is 6.03. The Bertz CT molecular complexity index is 921. The van der Waals surface area contributed by atoms with Gasteiger partial charge in [-0.1, -0.05) is 30.3 Å². The zero-order valence-electron chi connectivity index (χ0n) is 17.5. The molecule has 3 atom stereocenters. The molecule has 1 aliphatic carbocycles. The molecule has 0 aromatic heterocycles. The second-order valence-electron chi connectivity index (χ2n) is 7.73. The molecule has 0 amide bonds. The first-order valence-corrected chi connectivity index (χ1v) is 10.4. The average Bonchev–Trinajstić information content (AvgIpc) is 3.30. The second-order valence-corrected chi connectivity index (χ2v) is 7.73. The largest absolute Gasteiger partial charge is 0.497 e.